The van der Waals surface area contributed by atoms with Crippen LogP contribution in [0.3, 0.4) is 0 Å². The molecule has 0 fully saturated rings. The maximum Gasteiger partial charge on any atom is 0.115 e. The molecule has 3 aromatic carbocycles. The zero-order valence-corrected chi connectivity index (χ0v) is 27.0. The summed E-state index contributed by atoms with van der Waals surface area (Å²) in [5.74, 6) is 0.523. The lowest BCUT2D eigenvalue weighted by Gasteiger charge is -2.07. The molecule has 2 aliphatic rings. The van der Waals surface area contributed by atoms with Gasteiger partial charge in [-0.25, -0.2) is 9.97 Å². The number of nitrogens with zero attached hydrogens (tertiary/aromatic N) is 3. The van der Waals surface area contributed by atoms with Crippen molar-refractivity contribution in [1.29, 1.82) is 0 Å². The number of fused-ring (bicyclic) bond motifs is 8. The standard InChI is InChI=1S/C43H29N5O3/c49-29-9-3-25(4-10-29)40-32-15-17-34(45-32)41(26-5-11-30(50)12-6-26)36-19-21-38(47-36)43(28-2-1-23-44-24-28)39-22-20-37(48-39)42(35-18-16-33(40)46-35)27-7-13-31(51)14-8-27/h1-24,45,48-51H. The lowest BCUT2D eigenvalue weighted by atomic mass is 10.0. The van der Waals surface area contributed by atoms with Crippen molar-refractivity contribution in [3.63, 3.8) is 0 Å². The van der Waals surface area contributed by atoms with E-state index in [1.807, 2.05) is 103 Å². The third-order valence-corrected chi connectivity index (χ3v) is 9.17. The molecule has 7 aromatic rings. The van der Waals surface area contributed by atoms with Crippen molar-refractivity contribution in [3.05, 3.63) is 144 Å². The molecule has 8 heteroatoms. The van der Waals surface area contributed by atoms with Crippen molar-refractivity contribution in [2.24, 2.45) is 0 Å². The number of hydrogen-bond donors (Lipinski definition) is 5. The Labute approximate surface area is 292 Å². The Hall–Kier alpha value is -7.19. The summed E-state index contributed by atoms with van der Waals surface area (Å²) in [4.78, 5) is 22.3. The fourth-order valence-corrected chi connectivity index (χ4v) is 6.82. The first-order chi connectivity index (χ1) is 25.0. The van der Waals surface area contributed by atoms with Gasteiger partial charge in [0.25, 0.3) is 0 Å². The van der Waals surface area contributed by atoms with Crippen LogP contribution in [0.15, 0.2) is 122 Å². The van der Waals surface area contributed by atoms with E-state index in [2.05, 4.69) is 15.0 Å². The minimum Gasteiger partial charge on any atom is -0.508 e. The minimum atomic E-state index is 0.171. The van der Waals surface area contributed by atoms with Crippen LogP contribution in [-0.4, -0.2) is 40.2 Å². The van der Waals surface area contributed by atoms with Crippen molar-refractivity contribution in [1.82, 2.24) is 24.9 Å². The zero-order chi connectivity index (χ0) is 34.5. The third kappa shape index (κ3) is 5.41. The summed E-state index contributed by atoms with van der Waals surface area (Å²) in [5, 5.41) is 30.5. The molecule has 51 heavy (non-hydrogen) atoms. The predicted octanol–water partition coefficient (Wildman–Crippen LogP) is 9.84. The van der Waals surface area contributed by atoms with Crippen molar-refractivity contribution in [2.75, 3.05) is 0 Å². The molecular weight excluding hydrogens is 635 g/mol. The highest BCUT2D eigenvalue weighted by atomic mass is 16.3. The Morgan fingerprint density at radius 3 is 1.02 bits per heavy atom. The average Bonchev–Trinajstić information content (AvgIpc) is 3.99. The molecule has 0 amide bonds. The molecule has 0 unspecified atom stereocenters. The molecule has 8 bridgehead atoms. The fourth-order valence-electron chi connectivity index (χ4n) is 6.82. The number of phenols is 3. The average molecular weight is 664 g/mol. The topological polar surface area (TPSA) is 131 Å². The number of phenolic OH excluding ortho intramolecular Hbond substituents is 3. The molecule has 0 radical (unpaired) electrons. The summed E-state index contributed by atoms with van der Waals surface area (Å²) in [7, 11) is 0. The lowest BCUT2D eigenvalue weighted by molar-refractivity contribution is 0.475. The Bertz CT molecular complexity index is 2650. The van der Waals surface area contributed by atoms with Crippen LogP contribution in [0, 0.1) is 0 Å². The Balaban J connectivity index is 1.47. The van der Waals surface area contributed by atoms with Gasteiger partial charge >= 0.3 is 0 Å². The highest BCUT2D eigenvalue weighted by molar-refractivity contribution is 5.99. The van der Waals surface area contributed by atoms with Crippen LogP contribution >= 0.6 is 0 Å². The predicted molar refractivity (Wildman–Crippen MR) is 203 cm³/mol. The van der Waals surface area contributed by atoms with Crippen LogP contribution in [0.25, 0.3) is 90.9 Å². The van der Waals surface area contributed by atoms with Gasteiger partial charge in [0, 0.05) is 62.3 Å². The summed E-state index contributed by atoms with van der Waals surface area (Å²) in [6, 6.07) is 33.4. The number of benzene rings is 3. The van der Waals surface area contributed by atoms with Gasteiger partial charge in [-0.15, -0.1) is 0 Å². The highest BCUT2D eigenvalue weighted by Gasteiger charge is 2.19. The van der Waals surface area contributed by atoms with E-state index in [1.165, 1.54) is 0 Å². The SMILES string of the molecule is Oc1ccc(-c2c3nc(c(-c4ccc(O)cc4)c4ccc([nH]4)c(-c4cccnc4)c4nc(c(-c5ccc(O)cc5)c5ccc2[nH]5)C=C4)C=C3)cc1. The summed E-state index contributed by atoms with van der Waals surface area (Å²) in [5.41, 5.74) is 13.3. The normalized spacial score (nSPS) is 12.0. The Morgan fingerprint density at radius 1 is 0.373 bits per heavy atom. The quantitative estimate of drug-likeness (QED) is 0.127. The Morgan fingerprint density at radius 2 is 0.706 bits per heavy atom. The van der Waals surface area contributed by atoms with Gasteiger partial charge in [-0.2, -0.15) is 0 Å². The molecule has 244 valence electrons. The van der Waals surface area contributed by atoms with Crippen molar-refractivity contribution in [2.45, 2.75) is 0 Å². The van der Waals surface area contributed by atoms with Gasteiger partial charge in [0.1, 0.15) is 17.2 Å². The van der Waals surface area contributed by atoms with Crippen LogP contribution in [-0.2, 0) is 0 Å². The number of aromatic hydroxyl groups is 3. The molecule has 0 aliphatic carbocycles. The molecule has 2 aliphatic heterocycles. The van der Waals surface area contributed by atoms with Crippen molar-refractivity contribution < 1.29 is 15.3 Å². The molecule has 4 aromatic heterocycles. The van der Waals surface area contributed by atoms with E-state index in [-0.39, 0.29) is 17.2 Å². The molecule has 5 N–H and O–H groups in total. The maximum absolute atomic E-state index is 10.2. The Kier molecular flexibility index (Phi) is 7.07. The summed E-state index contributed by atoms with van der Waals surface area (Å²) in [6.07, 6.45) is 11.6. The minimum absolute atomic E-state index is 0.171. The van der Waals surface area contributed by atoms with Gasteiger partial charge in [-0.05, 0) is 108 Å². The molecule has 0 saturated carbocycles. The van der Waals surface area contributed by atoms with E-state index < -0.39 is 0 Å². The van der Waals surface area contributed by atoms with Gasteiger partial charge in [0.15, 0.2) is 0 Å². The number of nitrogens with one attached hydrogen (secondary N) is 2. The molecule has 0 atom stereocenters. The number of rotatable bonds is 4. The van der Waals surface area contributed by atoms with Gasteiger partial charge < -0.3 is 25.3 Å². The van der Waals surface area contributed by atoms with Crippen LogP contribution < -0.4 is 0 Å². The van der Waals surface area contributed by atoms with E-state index in [1.54, 1.807) is 42.6 Å². The summed E-state index contributed by atoms with van der Waals surface area (Å²) >= 11 is 0. The van der Waals surface area contributed by atoms with E-state index >= 15 is 0 Å². The fraction of sp³-hybridized carbons (Fsp3) is 0. The molecule has 6 heterocycles. The van der Waals surface area contributed by atoms with Crippen LogP contribution in [0.4, 0.5) is 0 Å². The highest BCUT2D eigenvalue weighted by Crippen LogP contribution is 2.39. The monoisotopic (exact) mass is 663 g/mol. The first-order valence-electron chi connectivity index (χ1n) is 16.4. The largest absolute Gasteiger partial charge is 0.508 e. The van der Waals surface area contributed by atoms with Crippen LogP contribution in [0.5, 0.6) is 17.2 Å². The van der Waals surface area contributed by atoms with Crippen LogP contribution in [0.2, 0.25) is 0 Å². The number of H-pyrrole nitrogens is 2. The van der Waals surface area contributed by atoms with Gasteiger partial charge in [0.2, 0.25) is 0 Å². The van der Waals surface area contributed by atoms with Gasteiger partial charge in [-0.1, -0.05) is 42.5 Å². The smallest absolute Gasteiger partial charge is 0.115 e. The van der Waals surface area contributed by atoms with Crippen molar-refractivity contribution in [3.8, 4) is 61.8 Å². The van der Waals surface area contributed by atoms with E-state index in [0.29, 0.717) is 0 Å². The molecular formula is C43H29N5O3. The van der Waals surface area contributed by atoms with E-state index in [9.17, 15) is 15.3 Å². The lowest BCUT2D eigenvalue weighted by Crippen LogP contribution is -1.90. The summed E-state index contributed by atoms with van der Waals surface area (Å²) in [6.45, 7) is 0. The number of pyridine rings is 1. The maximum atomic E-state index is 10.2. The second-order valence-electron chi connectivity index (χ2n) is 12.4. The summed E-state index contributed by atoms with van der Waals surface area (Å²) < 4.78 is 0. The molecule has 8 nitrogen and oxygen atoms in total. The molecule has 9 rings (SSSR count). The number of hydrogen-bond acceptors (Lipinski definition) is 6. The van der Waals surface area contributed by atoms with Crippen molar-refractivity contribution >= 4 is 46.4 Å². The first-order valence-corrected chi connectivity index (χ1v) is 16.4. The van der Waals surface area contributed by atoms with E-state index in [4.69, 9.17) is 9.97 Å². The molecule has 0 spiro atoms. The second kappa shape index (κ2) is 12.0. The third-order valence-electron chi connectivity index (χ3n) is 9.17. The first kappa shape index (κ1) is 29.9. The second-order valence-corrected chi connectivity index (χ2v) is 12.4. The number of aromatic amines is 2. The zero-order valence-electron chi connectivity index (χ0n) is 27.0. The molecule has 0 saturated heterocycles. The van der Waals surface area contributed by atoms with Gasteiger partial charge in [-0.3, -0.25) is 4.98 Å². The van der Waals surface area contributed by atoms with Crippen LogP contribution in [0.1, 0.15) is 22.8 Å². The van der Waals surface area contributed by atoms with Gasteiger partial charge in [0.05, 0.1) is 22.8 Å². The number of aromatic nitrogens is 5. The van der Waals surface area contributed by atoms with E-state index in [0.717, 1.165) is 89.4 Å².